The fourth-order valence-electron chi connectivity index (χ4n) is 8.93. The molecule has 2 rings (SSSR count). The summed E-state index contributed by atoms with van der Waals surface area (Å²) >= 11 is 0. The van der Waals surface area contributed by atoms with Crippen LogP contribution in [0.25, 0.3) is 0 Å². The van der Waals surface area contributed by atoms with Crippen molar-refractivity contribution >= 4 is 0 Å². The quantitative estimate of drug-likeness (QED) is 0.0464. The minimum Gasteiger partial charge on any atom is -1.00 e. The van der Waals surface area contributed by atoms with Crippen LogP contribution in [-0.2, 0) is 19.5 Å². The van der Waals surface area contributed by atoms with Gasteiger partial charge in [-0.25, -0.2) is 0 Å². The Morgan fingerprint density at radius 1 is 0.300 bits per heavy atom. The number of benzene rings is 2. The van der Waals surface area contributed by atoms with Gasteiger partial charge in [-0.3, -0.25) is 0 Å². The molecule has 0 radical (unpaired) electrons. The van der Waals surface area contributed by atoms with Gasteiger partial charge in [-0.2, -0.15) is 0 Å². The summed E-state index contributed by atoms with van der Waals surface area (Å²) < 4.78 is 2.23. The number of hydrogen-bond donors (Lipinski definition) is 0. The Bertz CT molecular complexity index is 1130. The van der Waals surface area contributed by atoms with Gasteiger partial charge < -0.3 is 33.8 Å². The summed E-state index contributed by atoms with van der Waals surface area (Å²) in [6.07, 6.45) is 47.5. The average molecular weight is 876 g/mol. The molecule has 0 aromatic heterocycles. The van der Waals surface area contributed by atoms with Crippen LogP contribution in [0.2, 0.25) is 0 Å². The second-order valence-electron chi connectivity index (χ2n) is 19.8. The van der Waals surface area contributed by atoms with Gasteiger partial charge in [0.15, 0.2) is 0 Å². The number of halogens is 2. The first-order valence-corrected chi connectivity index (χ1v) is 26.0. The summed E-state index contributed by atoms with van der Waals surface area (Å²) in [6, 6.07) is 19.9. The fraction of sp³-hybridized carbons (Fsp3) is 0.786. The summed E-state index contributed by atoms with van der Waals surface area (Å²) in [5.74, 6) is 0. The number of hydrogen-bond acceptors (Lipinski definition) is 0. The Morgan fingerprint density at radius 3 is 0.883 bits per heavy atom. The van der Waals surface area contributed by atoms with Crippen LogP contribution in [0, 0.1) is 0 Å². The highest BCUT2D eigenvalue weighted by Gasteiger charge is 2.17. The summed E-state index contributed by atoms with van der Waals surface area (Å²) in [7, 11) is 9.55. The molecule has 60 heavy (non-hydrogen) atoms. The number of rotatable bonds is 39. The molecule has 0 aliphatic heterocycles. The van der Waals surface area contributed by atoms with E-state index in [9.17, 15) is 0 Å². The van der Waals surface area contributed by atoms with Crippen LogP contribution in [-0.4, -0.2) is 50.2 Å². The minimum atomic E-state index is 0. The van der Waals surface area contributed by atoms with E-state index < -0.39 is 0 Å². The van der Waals surface area contributed by atoms with Crippen LogP contribution in [0.4, 0.5) is 0 Å². The molecule has 0 fully saturated rings. The van der Waals surface area contributed by atoms with Gasteiger partial charge in [-0.1, -0.05) is 255 Å². The van der Waals surface area contributed by atoms with Gasteiger partial charge in [0.2, 0.25) is 0 Å². The van der Waals surface area contributed by atoms with E-state index in [0.717, 1.165) is 21.9 Å². The molecular weight excluding hydrogens is 772 g/mol. The molecular formula is C56H104Cl2N2. The van der Waals surface area contributed by atoms with Gasteiger partial charge in [0.25, 0.3) is 0 Å². The Hall–Kier alpha value is -1.06. The smallest absolute Gasteiger partial charge is 0.104 e. The zero-order valence-corrected chi connectivity index (χ0v) is 43.0. The summed E-state index contributed by atoms with van der Waals surface area (Å²) in [4.78, 5) is 0. The monoisotopic (exact) mass is 875 g/mol. The largest absolute Gasteiger partial charge is 1.00 e. The molecule has 4 heteroatoms. The van der Waals surface area contributed by atoms with Gasteiger partial charge in [0, 0.05) is 11.1 Å². The molecule has 0 aliphatic carbocycles. The van der Waals surface area contributed by atoms with E-state index in [4.69, 9.17) is 0 Å². The van der Waals surface area contributed by atoms with E-state index in [-0.39, 0.29) is 24.8 Å². The molecule has 0 spiro atoms. The van der Waals surface area contributed by atoms with Crippen LogP contribution in [0.1, 0.15) is 243 Å². The molecule has 352 valence electrons. The van der Waals surface area contributed by atoms with Crippen molar-refractivity contribution in [1.29, 1.82) is 0 Å². The van der Waals surface area contributed by atoms with E-state index in [1.54, 1.807) is 5.56 Å². The number of unbranched alkanes of at least 4 members (excludes halogenated alkanes) is 30. The first-order chi connectivity index (χ1) is 28.2. The maximum atomic E-state index is 2.40. The van der Waals surface area contributed by atoms with Gasteiger partial charge >= 0.3 is 0 Å². The molecule has 0 N–H and O–H groups in total. The van der Waals surface area contributed by atoms with E-state index in [2.05, 4.69) is 104 Å². The van der Waals surface area contributed by atoms with Crippen molar-refractivity contribution in [2.45, 2.75) is 246 Å². The third-order valence-corrected chi connectivity index (χ3v) is 12.8. The van der Waals surface area contributed by atoms with E-state index in [0.29, 0.717) is 0 Å². The third kappa shape index (κ3) is 38.6. The second-order valence-corrected chi connectivity index (χ2v) is 19.8. The SMILES string of the molecule is CCCCCCCCCCCCCCCCCC[N+](C)(C)Cc1ccccc1.CCCCCCCCCCCCCCCCCC[N+](C)(C)Cc1ccccc1CC.[Cl-].[Cl-]. The van der Waals surface area contributed by atoms with Crippen molar-refractivity contribution in [1.82, 2.24) is 0 Å². The average Bonchev–Trinajstić information content (AvgIpc) is 3.21. The highest BCUT2D eigenvalue weighted by molar-refractivity contribution is 5.26. The first kappa shape index (κ1) is 61.0. The van der Waals surface area contributed by atoms with Crippen LogP contribution in [0.5, 0.6) is 0 Å². The predicted octanol–water partition coefficient (Wildman–Crippen LogP) is 11.6. The lowest BCUT2D eigenvalue weighted by Crippen LogP contribution is -3.00. The molecule has 0 unspecified atom stereocenters. The maximum Gasteiger partial charge on any atom is 0.104 e. The molecule has 0 saturated heterocycles. The van der Waals surface area contributed by atoms with Crippen molar-refractivity contribution in [3.63, 3.8) is 0 Å². The molecule has 0 amide bonds. The van der Waals surface area contributed by atoms with Gasteiger partial charge in [-0.05, 0) is 37.7 Å². The van der Waals surface area contributed by atoms with Gasteiger partial charge in [0.05, 0.1) is 41.3 Å². The van der Waals surface area contributed by atoms with Crippen LogP contribution >= 0.6 is 0 Å². The number of aryl methyl sites for hydroxylation is 1. The molecule has 0 bridgehead atoms. The molecule has 2 aromatic carbocycles. The van der Waals surface area contributed by atoms with Crippen molar-refractivity contribution in [3.8, 4) is 0 Å². The predicted molar refractivity (Wildman–Crippen MR) is 263 cm³/mol. The molecule has 0 saturated carbocycles. The van der Waals surface area contributed by atoms with Gasteiger partial charge in [-0.15, -0.1) is 0 Å². The van der Waals surface area contributed by atoms with E-state index in [1.165, 1.54) is 236 Å². The zero-order valence-electron chi connectivity index (χ0n) is 41.5. The van der Waals surface area contributed by atoms with Crippen molar-refractivity contribution in [2.24, 2.45) is 0 Å². The Kier molecular flexibility index (Phi) is 43.9. The molecule has 0 aliphatic rings. The van der Waals surface area contributed by atoms with Crippen LogP contribution < -0.4 is 24.8 Å². The van der Waals surface area contributed by atoms with Crippen molar-refractivity contribution in [3.05, 3.63) is 71.3 Å². The Labute approximate surface area is 390 Å². The lowest BCUT2D eigenvalue weighted by molar-refractivity contribution is -0.903. The van der Waals surface area contributed by atoms with Crippen molar-refractivity contribution < 1.29 is 33.8 Å². The maximum absolute atomic E-state index is 2.40. The van der Waals surface area contributed by atoms with Crippen molar-refractivity contribution in [2.75, 3.05) is 41.3 Å². The van der Waals surface area contributed by atoms with E-state index in [1.807, 2.05) is 0 Å². The number of nitrogens with zero attached hydrogens (tertiary/aromatic N) is 2. The fourth-order valence-corrected chi connectivity index (χ4v) is 8.93. The topological polar surface area (TPSA) is 0 Å². The minimum absolute atomic E-state index is 0. The summed E-state index contributed by atoms with van der Waals surface area (Å²) in [5.41, 5.74) is 4.53. The lowest BCUT2D eigenvalue weighted by atomic mass is 10.0. The summed E-state index contributed by atoms with van der Waals surface area (Å²) in [6.45, 7) is 11.8. The van der Waals surface area contributed by atoms with Gasteiger partial charge in [0.1, 0.15) is 13.1 Å². The molecule has 2 aromatic rings. The third-order valence-electron chi connectivity index (χ3n) is 12.8. The normalized spacial score (nSPS) is 11.4. The van der Waals surface area contributed by atoms with E-state index >= 15 is 0 Å². The number of quaternary nitrogens is 2. The Balaban J connectivity index is 0. The first-order valence-electron chi connectivity index (χ1n) is 26.0. The lowest BCUT2D eigenvalue weighted by Gasteiger charge is -2.30. The highest BCUT2D eigenvalue weighted by atomic mass is 35.5. The molecule has 0 atom stereocenters. The second kappa shape index (κ2) is 43.2. The standard InChI is InChI=1S/C29H54N.C27H50N.2ClH/c1-5-7-8-9-10-11-12-13-14-15-16-17-18-19-20-23-26-30(3,4)27-29-25-22-21-24-28(29)6-2;1-4-5-6-7-8-9-10-11-12-13-14-15-16-17-18-22-25-28(2,3)26-27-23-20-19-21-24-27;;/h21-22,24-25H,5-20,23,26-27H2,1-4H3;19-21,23-24H,4-18,22,25-26H2,1-3H3;2*1H/q2*+1;;/p-2. The zero-order chi connectivity index (χ0) is 42.3. The molecule has 0 heterocycles. The summed E-state index contributed by atoms with van der Waals surface area (Å²) in [5, 5.41) is 0. The van der Waals surface area contributed by atoms with Crippen LogP contribution in [0.3, 0.4) is 0 Å². The Morgan fingerprint density at radius 2 is 0.567 bits per heavy atom. The highest BCUT2D eigenvalue weighted by Crippen LogP contribution is 2.19. The van der Waals surface area contributed by atoms with Crippen LogP contribution in [0.15, 0.2) is 54.6 Å². The molecule has 2 nitrogen and oxygen atoms in total.